The zero-order chi connectivity index (χ0) is 12.5. The third-order valence-electron chi connectivity index (χ3n) is 2.42. The van der Waals surface area contributed by atoms with E-state index in [0.717, 1.165) is 17.9 Å². The smallest absolute Gasteiger partial charge is 0.119 e. The summed E-state index contributed by atoms with van der Waals surface area (Å²) in [6.45, 7) is 1.92. The minimum absolute atomic E-state index is 0.562. The molecule has 0 aliphatic carbocycles. The zero-order valence-electron chi connectivity index (χ0n) is 10.3. The Morgan fingerprint density at radius 3 is 2.50 bits per heavy atom. The number of nitrogens with zero attached hydrogens (tertiary/aromatic N) is 1. The molecule has 0 bridgehead atoms. The van der Waals surface area contributed by atoms with Gasteiger partial charge in [-0.1, -0.05) is 24.3 Å². The molecule has 0 atom stereocenters. The Labute approximate surface area is 107 Å². The van der Waals surface area contributed by atoms with Crippen LogP contribution in [0.4, 0.5) is 0 Å². The van der Waals surface area contributed by atoms with Gasteiger partial charge >= 0.3 is 0 Å². The normalized spacial score (nSPS) is 10.2. The van der Waals surface area contributed by atoms with Crippen LogP contribution < -0.4 is 4.74 Å². The molecular formula is C15H17NO2. The third kappa shape index (κ3) is 4.55. The van der Waals surface area contributed by atoms with Crippen LogP contribution in [0.2, 0.25) is 0 Å². The number of para-hydroxylation sites is 1. The van der Waals surface area contributed by atoms with Crippen molar-refractivity contribution in [3.63, 3.8) is 0 Å². The van der Waals surface area contributed by atoms with E-state index in [-0.39, 0.29) is 0 Å². The molecule has 2 rings (SSSR count). The van der Waals surface area contributed by atoms with Crippen LogP contribution in [0, 0.1) is 0 Å². The fourth-order valence-electron chi connectivity index (χ4n) is 1.53. The van der Waals surface area contributed by atoms with Crippen molar-refractivity contribution in [2.24, 2.45) is 0 Å². The van der Waals surface area contributed by atoms with Gasteiger partial charge in [-0.15, -0.1) is 0 Å². The Balaban J connectivity index is 1.54. The van der Waals surface area contributed by atoms with Gasteiger partial charge in [0.15, 0.2) is 0 Å². The van der Waals surface area contributed by atoms with Crippen molar-refractivity contribution in [3.05, 3.63) is 60.4 Å². The van der Waals surface area contributed by atoms with Crippen molar-refractivity contribution in [1.82, 2.24) is 4.98 Å². The van der Waals surface area contributed by atoms with Crippen LogP contribution >= 0.6 is 0 Å². The van der Waals surface area contributed by atoms with Crippen molar-refractivity contribution in [2.45, 2.75) is 13.0 Å². The number of ether oxygens (including phenoxy) is 2. The molecule has 0 spiro atoms. The molecule has 18 heavy (non-hydrogen) atoms. The fraction of sp³-hybridized carbons (Fsp3) is 0.267. The minimum Gasteiger partial charge on any atom is -0.494 e. The lowest BCUT2D eigenvalue weighted by molar-refractivity contribution is 0.105. The fourth-order valence-corrected chi connectivity index (χ4v) is 1.53. The van der Waals surface area contributed by atoms with Crippen LogP contribution in [-0.2, 0) is 11.3 Å². The SMILES string of the molecule is c1ccc(OCCCOCc2ccccn2)cc1. The van der Waals surface area contributed by atoms with Gasteiger partial charge in [-0.05, 0) is 24.3 Å². The number of aromatic nitrogens is 1. The van der Waals surface area contributed by atoms with E-state index in [2.05, 4.69) is 4.98 Å². The Morgan fingerprint density at radius 2 is 1.72 bits per heavy atom. The standard InChI is InChI=1S/C15H17NO2/c1-2-8-15(9-3-1)18-12-6-11-17-13-14-7-4-5-10-16-14/h1-5,7-10H,6,11-13H2. The zero-order valence-corrected chi connectivity index (χ0v) is 10.3. The summed E-state index contributed by atoms with van der Waals surface area (Å²) in [5.41, 5.74) is 0.960. The van der Waals surface area contributed by atoms with Crippen LogP contribution in [-0.4, -0.2) is 18.2 Å². The van der Waals surface area contributed by atoms with E-state index in [0.29, 0.717) is 19.8 Å². The van der Waals surface area contributed by atoms with Crippen molar-refractivity contribution < 1.29 is 9.47 Å². The monoisotopic (exact) mass is 243 g/mol. The quantitative estimate of drug-likeness (QED) is 0.700. The molecule has 0 aliphatic heterocycles. The lowest BCUT2D eigenvalue weighted by Crippen LogP contribution is -2.03. The maximum absolute atomic E-state index is 5.56. The van der Waals surface area contributed by atoms with E-state index in [1.54, 1.807) is 6.20 Å². The van der Waals surface area contributed by atoms with Gasteiger partial charge in [0.1, 0.15) is 5.75 Å². The van der Waals surface area contributed by atoms with Crippen LogP contribution in [0.5, 0.6) is 5.75 Å². The highest BCUT2D eigenvalue weighted by molar-refractivity contribution is 5.20. The van der Waals surface area contributed by atoms with Gasteiger partial charge < -0.3 is 9.47 Å². The predicted octanol–water partition coefficient (Wildman–Crippen LogP) is 3.07. The topological polar surface area (TPSA) is 31.4 Å². The summed E-state index contributed by atoms with van der Waals surface area (Å²) in [6, 6.07) is 15.6. The number of hydrogen-bond donors (Lipinski definition) is 0. The Hall–Kier alpha value is -1.87. The summed E-state index contributed by atoms with van der Waals surface area (Å²) in [6.07, 6.45) is 2.65. The lowest BCUT2D eigenvalue weighted by atomic mass is 10.3. The molecule has 0 amide bonds. The van der Waals surface area contributed by atoms with Gasteiger partial charge in [-0.2, -0.15) is 0 Å². The average molecular weight is 243 g/mol. The van der Waals surface area contributed by atoms with E-state index in [1.807, 2.05) is 48.5 Å². The molecule has 0 fully saturated rings. The second kappa shape index (κ2) is 7.45. The van der Waals surface area contributed by atoms with E-state index >= 15 is 0 Å². The van der Waals surface area contributed by atoms with E-state index in [1.165, 1.54) is 0 Å². The number of rotatable bonds is 7. The Kier molecular flexibility index (Phi) is 5.21. The van der Waals surface area contributed by atoms with Crippen LogP contribution in [0.1, 0.15) is 12.1 Å². The molecule has 0 saturated heterocycles. The van der Waals surface area contributed by atoms with Crippen LogP contribution in [0.15, 0.2) is 54.7 Å². The van der Waals surface area contributed by atoms with Gasteiger partial charge in [0.05, 0.1) is 25.5 Å². The maximum atomic E-state index is 5.56. The molecular weight excluding hydrogens is 226 g/mol. The third-order valence-corrected chi connectivity index (χ3v) is 2.42. The van der Waals surface area contributed by atoms with E-state index in [4.69, 9.17) is 9.47 Å². The highest BCUT2D eigenvalue weighted by Crippen LogP contribution is 2.08. The first kappa shape index (κ1) is 12.6. The Bertz CT molecular complexity index is 387. The molecule has 94 valence electrons. The summed E-state index contributed by atoms with van der Waals surface area (Å²) < 4.78 is 11.1. The van der Waals surface area contributed by atoms with E-state index in [9.17, 15) is 0 Å². The van der Waals surface area contributed by atoms with Gasteiger partial charge in [0, 0.05) is 12.6 Å². The molecule has 0 saturated carbocycles. The summed E-state index contributed by atoms with van der Waals surface area (Å²) in [5, 5.41) is 0. The number of benzene rings is 1. The van der Waals surface area contributed by atoms with Crippen molar-refractivity contribution in [3.8, 4) is 5.75 Å². The van der Waals surface area contributed by atoms with Crippen molar-refractivity contribution in [2.75, 3.05) is 13.2 Å². The summed E-state index contributed by atoms with van der Waals surface area (Å²) in [5.74, 6) is 0.905. The van der Waals surface area contributed by atoms with Gasteiger partial charge in [-0.3, -0.25) is 4.98 Å². The van der Waals surface area contributed by atoms with Crippen molar-refractivity contribution in [1.29, 1.82) is 0 Å². The maximum Gasteiger partial charge on any atom is 0.119 e. The molecule has 0 aliphatic rings. The second-order valence-electron chi connectivity index (χ2n) is 3.89. The van der Waals surface area contributed by atoms with Gasteiger partial charge in [-0.25, -0.2) is 0 Å². The lowest BCUT2D eigenvalue weighted by Gasteiger charge is -2.06. The average Bonchev–Trinajstić information content (AvgIpc) is 2.45. The van der Waals surface area contributed by atoms with Crippen LogP contribution in [0.3, 0.4) is 0 Å². The van der Waals surface area contributed by atoms with Crippen LogP contribution in [0.25, 0.3) is 0 Å². The molecule has 3 heteroatoms. The molecule has 0 radical (unpaired) electrons. The first-order valence-corrected chi connectivity index (χ1v) is 6.10. The second-order valence-corrected chi connectivity index (χ2v) is 3.89. The van der Waals surface area contributed by atoms with E-state index < -0.39 is 0 Å². The highest BCUT2D eigenvalue weighted by Gasteiger charge is 1.94. The molecule has 1 aromatic carbocycles. The first-order valence-electron chi connectivity index (χ1n) is 6.10. The van der Waals surface area contributed by atoms with Crippen molar-refractivity contribution >= 4 is 0 Å². The highest BCUT2D eigenvalue weighted by atomic mass is 16.5. The molecule has 3 nitrogen and oxygen atoms in total. The molecule has 1 aromatic heterocycles. The largest absolute Gasteiger partial charge is 0.494 e. The predicted molar refractivity (Wildman–Crippen MR) is 70.4 cm³/mol. The molecule has 0 unspecified atom stereocenters. The first-order chi connectivity index (χ1) is 8.95. The molecule has 2 aromatic rings. The summed E-state index contributed by atoms with van der Waals surface area (Å²) >= 11 is 0. The van der Waals surface area contributed by atoms with Gasteiger partial charge in [0.25, 0.3) is 0 Å². The molecule has 0 N–H and O–H groups in total. The Morgan fingerprint density at radius 1 is 0.889 bits per heavy atom. The van der Waals surface area contributed by atoms with Gasteiger partial charge in [0.2, 0.25) is 0 Å². The summed E-state index contributed by atoms with van der Waals surface area (Å²) in [7, 11) is 0. The summed E-state index contributed by atoms with van der Waals surface area (Å²) in [4.78, 5) is 4.19. The number of hydrogen-bond acceptors (Lipinski definition) is 3. The number of pyridine rings is 1. The molecule has 1 heterocycles. The minimum atomic E-state index is 0.562.